The number of ketones is 2. The molecule has 112 valence electrons. The molecule has 1 aliphatic rings. The Balaban J connectivity index is 2.44. The molecule has 0 aromatic heterocycles. The largest absolute Gasteiger partial charge is 0.468 e. The van der Waals surface area contributed by atoms with Crippen molar-refractivity contribution in [3.8, 4) is 0 Å². The zero-order chi connectivity index (χ0) is 15.6. The van der Waals surface area contributed by atoms with Crippen LogP contribution in [0.2, 0.25) is 0 Å². The van der Waals surface area contributed by atoms with Gasteiger partial charge in [0, 0.05) is 12.0 Å². The number of esters is 1. The zero-order valence-corrected chi connectivity index (χ0v) is 12.3. The van der Waals surface area contributed by atoms with E-state index >= 15 is 0 Å². The van der Waals surface area contributed by atoms with Crippen LogP contribution in [0, 0.1) is 11.8 Å². The summed E-state index contributed by atoms with van der Waals surface area (Å²) in [4.78, 5) is 36.0. The summed E-state index contributed by atoms with van der Waals surface area (Å²) >= 11 is 0. The minimum atomic E-state index is -0.786. The third kappa shape index (κ3) is 2.88. The Morgan fingerprint density at radius 1 is 1.00 bits per heavy atom. The molecular weight excluding hydrogens is 270 g/mol. The zero-order valence-electron chi connectivity index (χ0n) is 12.3. The highest BCUT2D eigenvalue weighted by Crippen LogP contribution is 2.38. The lowest BCUT2D eigenvalue weighted by Gasteiger charge is -2.20. The van der Waals surface area contributed by atoms with Crippen molar-refractivity contribution in [1.82, 2.24) is 5.32 Å². The van der Waals surface area contributed by atoms with Crippen LogP contribution >= 0.6 is 0 Å². The molecule has 0 unspecified atom stereocenters. The van der Waals surface area contributed by atoms with E-state index in [1.54, 1.807) is 0 Å². The molecule has 0 saturated carbocycles. The maximum atomic E-state index is 12.1. The minimum Gasteiger partial charge on any atom is -0.468 e. The number of rotatable bonds is 4. The molecule has 1 N–H and O–H groups in total. The van der Waals surface area contributed by atoms with Crippen LogP contribution in [0.1, 0.15) is 25.5 Å². The molecule has 0 aliphatic carbocycles. The van der Waals surface area contributed by atoms with Crippen LogP contribution in [0.3, 0.4) is 0 Å². The molecule has 5 nitrogen and oxygen atoms in total. The fourth-order valence-corrected chi connectivity index (χ4v) is 3.10. The van der Waals surface area contributed by atoms with Gasteiger partial charge in [0.25, 0.3) is 0 Å². The van der Waals surface area contributed by atoms with Crippen molar-refractivity contribution in [2.45, 2.75) is 25.9 Å². The van der Waals surface area contributed by atoms with Gasteiger partial charge in [0.15, 0.2) is 0 Å². The first-order valence-corrected chi connectivity index (χ1v) is 6.87. The maximum Gasteiger partial charge on any atom is 0.323 e. The van der Waals surface area contributed by atoms with E-state index in [4.69, 9.17) is 4.74 Å². The predicted molar refractivity (Wildman–Crippen MR) is 76.5 cm³/mol. The predicted octanol–water partition coefficient (Wildman–Crippen LogP) is 1.28. The fraction of sp³-hybridized carbons (Fsp3) is 0.438. The van der Waals surface area contributed by atoms with Crippen LogP contribution in [0.5, 0.6) is 0 Å². The summed E-state index contributed by atoms with van der Waals surface area (Å²) in [5.74, 6) is -2.06. The lowest BCUT2D eigenvalue weighted by atomic mass is 9.80. The Hall–Kier alpha value is -2.01. The quantitative estimate of drug-likeness (QED) is 0.845. The number of Topliss-reactive ketones (excluding diaryl/α,β-unsaturated/α-hetero) is 2. The number of benzene rings is 1. The van der Waals surface area contributed by atoms with E-state index < -0.39 is 23.8 Å². The first-order valence-electron chi connectivity index (χ1n) is 6.87. The summed E-state index contributed by atoms with van der Waals surface area (Å²) in [7, 11) is 1.28. The van der Waals surface area contributed by atoms with Gasteiger partial charge in [-0.05, 0) is 19.4 Å². The van der Waals surface area contributed by atoms with E-state index in [2.05, 4.69) is 5.32 Å². The van der Waals surface area contributed by atoms with Crippen molar-refractivity contribution in [2.24, 2.45) is 11.8 Å². The van der Waals surface area contributed by atoms with Crippen LogP contribution < -0.4 is 5.32 Å². The Labute approximate surface area is 123 Å². The van der Waals surface area contributed by atoms with Crippen LogP contribution in [0.25, 0.3) is 0 Å². The Morgan fingerprint density at radius 2 is 1.57 bits per heavy atom. The molecule has 4 atom stereocenters. The van der Waals surface area contributed by atoms with Gasteiger partial charge in [-0.3, -0.25) is 19.7 Å². The normalized spacial score (nSPS) is 28.1. The SMILES string of the molecule is COC(=O)[C@H]1N[C@@H](c2ccccc2)[C@H](C(C)=O)[C@H]1C(C)=O. The van der Waals surface area contributed by atoms with Gasteiger partial charge in [0.1, 0.15) is 17.6 Å². The van der Waals surface area contributed by atoms with Gasteiger partial charge in [-0.2, -0.15) is 0 Å². The van der Waals surface area contributed by atoms with Crippen LogP contribution in [-0.4, -0.2) is 30.7 Å². The summed E-state index contributed by atoms with van der Waals surface area (Å²) in [5.41, 5.74) is 0.885. The average Bonchev–Trinajstić information content (AvgIpc) is 2.88. The number of carbonyl (C=O) groups excluding carboxylic acids is 3. The molecule has 1 aliphatic heterocycles. The number of hydrogen-bond donors (Lipinski definition) is 1. The second-order valence-corrected chi connectivity index (χ2v) is 5.33. The van der Waals surface area contributed by atoms with Gasteiger partial charge in [0.05, 0.1) is 13.0 Å². The molecule has 1 saturated heterocycles. The number of ether oxygens (including phenoxy) is 1. The molecule has 1 fully saturated rings. The molecule has 0 spiro atoms. The molecule has 21 heavy (non-hydrogen) atoms. The van der Waals surface area contributed by atoms with Crippen LogP contribution in [0.4, 0.5) is 0 Å². The summed E-state index contributed by atoms with van der Waals surface area (Å²) in [6, 6.07) is 8.22. The molecule has 1 aromatic rings. The molecule has 5 heteroatoms. The van der Waals surface area contributed by atoms with Gasteiger partial charge < -0.3 is 4.74 Å². The fourth-order valence-electron chi connectivity index (χ4n) is 3.10. The summed E-state index contributed by atoms with van der Waals surface area (Å²) in [5, 5.41) is 3.10. The minimum absolute atomic E-state index is 0.108. The highest BCUT2D eigenvalue weighted by atomic mass is 16.5. The van der Waals surface area contributed by atoms with Crippen molar-refractivity contribution in [2.75, 3.05) is 7.11 Å². The number of methoxy groups -OCH3 is 1. The monoisotopic (exact) mass is 289 g/mol. The molecule has 2 rings (SSSR count). The second-order valence-electron chi connectivity index (χ2n) is 5.33. The summed E-state index contributed by atoms with van der Waals surface area (Å²) < 4.78 is 4.76. The lowest BCUT2D eigenvalue weighted by Crippen LogP contribution is -2.40. The van der Waals surface area contributed by atoms with E-state index in [-0.39, 0.29) is 17.6 Å². The molecule has 0 bridgehead atoms. The smallest absolute Gasteiger partial charge is 0.323 e. The van der Waals surface area contributed by atoms with Crippen molar-refractivity contribution >= 4 is 17.5 Å². The Morgan fingerprint density at radius 3 is 2.05 bits per heavy atom. The summed E-state index contributed by atoms with van der Waals surface area (Å²) in [6.45, 7) is 2.86. The van der Waals surface area contributed by atoms with Crippen LogP contribution in [-0.2, 0) is 19.1 Å². The number of nitrogens with one attached hydrogen (secondary N) is 1. The third-order valence-electron chi connectivity index (χ3n) is 4.02. The molecular formula is C16H19NO4. The second kappa shape index (κ2) is 6.18. The Bertz CT molecular complexity index is 555. The van der Waals surface area contributed by atoms with E-state index in [0.29, 0.717) is 0 Å². The van der Waals surface area contributed by atoms with E-state index in [1.165, 1.54) is 21.0 Å². The third-order valence-corrected chi connectivity index (χ3v) is 4.02. The van der Waals surface area contributed by atoms with Crippen molar-refractivity contribution < 1.29 is 19.1 Å². The van der Waals surface area contributed by atoms with Gasteiger partial charge in [-0.1, -0.05) is 30.3 Å². The van der Waals surface area contributed by atoms with Gasteiger partial charge in [-0.15, -0.1) is 0 Å². The van der Waals surface area contributed by atoms with Gasteiger partial charge in [-0.25, -0.2) is 0 Å². The number of carbonyl (C=O) groups is 3. The van der Waals surface area contributed by atoms with Crippen molar-refractivity contribution in [3.63, 3.8) is 0 Å². The topological polar surface area (TPSA) is 72.5 Å². The molecule has 0 amide bonds. The first-order chi connectivity index (χ1) is 9.97. The van der Waals surface area contributed by atoms with Gasteiger partial charge in [0.2, 0.25) is 0 Å². The molecule has 0 radical (unpaired) electrons. The lowest BCUT2D eigenvalue weighted by molar-refractivity contribution is -0.146. The average molecular weight is 289 g/mol. The maximum absolute atomic E-state index is 12.1. The van der Waals surface area contributed by atoms with E-state index in [9.17, 15) is 14.4 Å². The summed E-state index contributed by atoms with van der Waals surface area (Å²) in [6.07, 6.45) is 0. The highest BCUT2D eigenvalue weighted by molar-refractivity contribution is 5.94. The molecule has 1 aromatic carbocycles. The van der Waals surface area contributed by atoms with E-state index in [1.807, 2.05) is 30.3 Å². The van der Waals surface area contributed by atoms with Crippen molar-refractivity contribution in [1.29, 1.82) is 0 Å². The molecule has 1 heterocycles. The first kappa shape index (κ1) is 15.4. The van der Waals surface area contributed by atoms with Crippen molar-refractivity contribution in [3.05, 3.63) is 35.9 Å². The standard InChI is InChI=1S/C16H19NO4/c1-9(18)12-13(10(2)19)15(16(20)21-3)17-14(12)11-7-5-4-6-8-11/h4-8,12-15,17H,1-3H3/t12-,13-,14+,15+/m1/s1. The number of hydrogen-bond acceptors (Lipinski definition) is 5. The van der Waals surface area contributed by atoms with Crippen LogP contribution in [0.15, 0.2) is 30.3 Å². The van der Waals surface area contributed by atoms with E-state index in [0.717, 1.165) is 5.56 Å². The Kier molecular flexibility index (Phi) is 4.53. The van der Waals surface area contributed by atoms with Gasteiger partial charge >= 0.3 is 5.97 Å². The highest BCUT2D eigenvalue weighted by Gasteiger charge is 2.51.